The van der Waals surface area contributed by atoms with Crippen LogP contribution in [0.1, 0.15) is 22.7 Å². The van der Waals surface area contributed by atoms with E-state index in [2.05, 4.69) is 72.9 Å². The number of halogens is 3. The normalized spacial score (nSPS) is 12.5. The van der Waals surface area contributed by atoms with Gasteiger partial charge in [0.15, 0.2) is 0 Å². The van der Waals surface area contributed by atoms with Crippen molar-refractivity contribution in [3.8, 4) is 0 Å². The van der Waals surface area contributed by atoms with Crippen LogP contribution in [0, 0.1) is 6.92 Å². The molecule has 1 atom stereocenters. The Morgan fingerprint density at radius 2 is 1.50 bits per heavy atom. The van der Waals surface area contributed by atoms with Gasteiger partial charge in [-0.05, 0) is 53.9 Å². The minimum absolute atomic E-state index is 0.134. The molecule has 94 valence electrons. The van der Waals surface area contributed by atoms with E-state index >= 15 is 0 Å². The van der Waals surface area contributed by atoms with Gasteiger partial charge in [0.25, 0.3) is 0 Å². The van der Waals surface area contributed by atoms with Crippen LogP contribution >= 0.6 is 47.8 Å². The van der Waals surface area contributed by atoms with Crippen LogP contribution in [0.5, 0.6) is 0 Å². The van der Waals surface area contributed by atoms with Crippen LogP contribution in [-0.4, -0.2) is 0 Å². The molecule has 0 saturated heterocycles. The summed E-state index contributed by atoms with van der Waals surface area (Å²) in [7, 11) is 0. The highest BCUT2D eigenvalue weighted by molar-refractivity contribution is 9.11. The first kappa shape index (κ1) is 14.3. The molecule has 1 nitrogen and oxygen atoms in total. The van der Waals surface area contributed by atoms with Gasteiger partial charge in [0.05, 0.1) is 6.04 Å². The zero-order valence-electron chi connectivity index (χ0n) is 9.75. The molecular weight excluding hydrogens is 422 g/mol. The van der Waals surface area contributed by atoms with Crippen molar-refractivity contribution in [1.82, 2.24) is 0 Å². The highest BCUT2D eigenvalue weighted by Crippen LogP contribution is 2.31. The van der Waals surface area contributed by atoms with Crippen LogP contribution < -0.4 is 5.73 Å². The molecule has 0 amide bonds. The molecular formula is C14H12Br3N. The third-order valence-electron chi connectivity index (χ3n) is 2.86. The maximum absolute atomic E-state index is 6.37. The number of hydrogen-bond donors (Lipinski definition) is 1. The van der Waals surface area contributed by atoms with Gasteiger partial charge in [0.1, 0.15) is 0 Å². The van der Waals surface area contributed by atoms with Crippen LogP contribution in [0.15, 0.2) is 49.8 Å². The predicted octanol–water partition coefficient (Wildman–Crippen LogP) is 5.33. The highest BCUT2D eigenvalue weighted by atomic mass is 79.9. The fraction of sp³-hybridized carbons (Fsp3) is 0.143. The lowest BCUT2D eigenvalue weighted by Crippen LogP contribution is -2.14. The molecule has 0 heterocycles. The molecule has 2 aromatic rings. The monoisotopic (exact) mass is 431 g/mol. The predicted molar refractivity (Wildman–Crippen MR) is 86.8 cm³/mol. The maximum Gasteiger partial charge on any atom is 0.0565 e. The average Bonchev–Trinajstić information content (AvgIpc) is 2.31. The zero-order valence-corrected chi connectivity index (χ0v) is 14.5. The zero-order chi connectivity index (χ0) is 13.3. The topological polar surface area (TPSA) is 26.0 Å². The first-order valence-corrected chi connectivity index (χ1v) is 7.83. The molecule has 18 heavy (non-hydrogen) atoms. The van der Waals surface area contributed by atoms with Crippen molar-refractivity contribution in [2.24, 2.45) is 5.73 Å². The van der Waals surface area contributed by atoms with Gasteiger partial charge in [0.2, 0.25) is 0 Å². The van der Waals surface area contributed by atoms with Crippen molar-refractivity contribution in [3.05, 3.63) is 66.5 Å². The Morgan fingerprint density at radius 3 is 2.17 bits per heavy atom. The molecule has 0 aliphatic heterocycles. The summed E-state index contributed by atoms with van der Waals surface area (Å²) in [4.78, 5) is 0. The molecule has 2 aromatic carbocycles. The van der Waals surface area contributed by atoms with Crippen LogP contribution in [0.2, 0.25) is 0 Å². The summed E-state index contributed by atoms with van der Waals surface area (Å²) in [6.45, 7) is 2.08. The van der Waals surface area contributed by atoms with Crippen molar-refractivity contribution in [2.75, 3.05) is 0 Å². The summed E-state index contributed by atoms with van der Waals surface area (Å²) < 4.78 is 3.13. The van der Waals surface area contributed by atoms with E-state index in [1.165, 1.54) is 5.56 Å². The molecule has 0 spiro atoms. The maximum atomic E-state index is 6.37. The largest absolute Gasteiger partial charge is 0.320 e. The van der Waals surface area contributed by atoms with E-state index in [1.54, 1.807) is 0 Å². The molecule has 0 aromatic heterocycles. The van der Waals surface area contributed by atoms with Gasteiger partial charge in [-0.15, -0.1) is 0 Å². The molecule has 2 N–H and O–H groups in total. The lowest BCUT2D eigenvalue weighted by atomic mass is 9.96. The van der Waals surface area contributed by atoms with Crippen molar-refractivity contribution >= 4 is 47.8 Å². The van der Waals surface area contributed by atoms with Crippen LogP contribution in [0.4, 0.5) is 0 Å². The van der Waals surface area contributed by atoms with E-state index in [4.69, 9.17) is 5.73 Å². The molecule has 2 rings (SSSR count). The Bertz CT molecular complexity index is 581. The average molecular weight is 434 g/mol. The lowest BCUT2D eigenvalue weighted by molar-refractivity contribution is 0.855. The smallest absolute Gasteiger partial charge is 0.0565 e. The summed E-state index contributed by atoms with van der Waals surface area (Å²) in [6.07, 6.45) is 0. The molecule has 0 aliphatic rings. The van der Waals surface area contributed by atoms with Gasteiger partial charge in [-0.25, -0.2) is 0 Å². The number of nitrogens with two attached hydrogens (primary N) is 1. The van der Waals surface area contributed by atoms with E-state index in [-0.39, 0.29) is 6.04 Å². The molecule has 4 heteroatoms. The summed E-state index contributed by atoms with van der Waals surface area (Å²) in [6, 6.07) is 12.1. The Kier molecular flexibility index (Phi) is 4.64. The fourth-order valence-corrected chi connectivity index (χ4v) is 3.26. The molecule has 0 radical (unpaired) electrons. The van der Waals surface area contributed by atoms with Gasteiger partial charge in [0, 0.05) is 13.4 Å². The van der Waals surface area contributed by atoms with E-state index < -0.39 is 0 Å². The summed E-state index contributed by atoms with van der Waals surface area (Å²) in [5, 5.41) is 0. The van der Waals surface area contributed by atoms with Crippen molar-refractivity contribution < 1.29 is 0 Å². The van der Waals surface area contributed by atoms with Crippen LogP contribution in [0.3, 0.4) is 0 Å². The van der Waals surface area contributed by atoms with Gasteiger partial charge in [-0.2, -0.15) is 0 Å². The number of rotatable bonds is 2. The molecule has 0 fully saturated rings. The van der Waals surface area contributed by atoms with E-state index in [1.807, 2.05) is 18.2 Å². The van der Waals surface area contributed by atoms with E-state index in [0.717, 1.165) is 24.5 Å². The third kappa shape index (κ3) is 3.05. The Balaban J connectivity index is 2.47. The standard InChI is InChI=1S/C14H12Br3N/c1-8-6-9(15)2-4-11(8)14(18)12-7-10(16)3-5-13(12)17/h2-7,14H,18H2,1H3. The molecule has 1 unspecified atom stereocenters. The number of hydrogen-bond acceptors (Lipinski definition) is 1. The van der Waals surface area contributed by atoms with Crippen LogP contribution in [0.25, 0.3) is 0 Å². The summed E-state index contributed by atoms with van der Waals surface area (Å²) in [5.41, 5.74) is 9.77. The summed E-state index contributed by atoms with van der Waals surface area (Å²) >= 11 is 10.5. The first-order valence-electron chi connectivity index (χ1n) is 5.45. The first-order chi connectivity index (χ1) is 8.49. The molecule has 0 bridgehead atoms. The Labute approximate surface area is 132 Å². The van der Waals surface area contributed by atoms with E-state index in [0.29, 0.717) is 0 Å². The van der Waals surface area contributed by atoms with Crippen molar-refractivity contribution in [3.63, 3.8) is 0 Å². The third-order valence-corrected chi connectivity index (χ3v) is 4.57. The van der Waals surface area contributed by atoms with Gasteiger partial charge in [-0.3, -0.25) is 0 Å². The lowest BCUT2D eigenvalue weighted by Gasteiger charge is -2.17. The quantitative estimate of drug-likeness (QED) is 0.680. The second-order valence-corrected chi connectivity index (χ2v) is 6.83. The number of aryl methyl sites for hydroxylation is 1. The van der Waals surface area contributed by atoms with Gasteiger partial charge in [-0.1, -0.05) is 53.9 Å². The van der Waals surface area contributed by atoms with E-state index in [9.17, 15) is 0 Å². The molecule has 0 aliphatic carbocycles. The SMILES string of the molecule is Cc1cc(Br)ccc1C(N)c1cc(Br)ccc1Br. The number of benzene rings is 2. The van der Waals surface area contributed by atoms with Gasteiger partial charge < -0.3 is 5.73 Å². The van der Waals surface area contributed by atoms with Crippen molar-refractivity contribution in [1.29, 1.82) is 0 Å². The second kappa shape index (κ2) is 5.87. The molecule has 0 saturated carbocycles. The Morgan fingerprint density at radius 1 is 0.889 bits per heavy atom. The fourth-order valence-electron chi connectivity index (χ4n) is 1.91. The second-order valence-electron chi connectivity index (χ2n) is 4.14. The minimum Gasteiger partial charge on any atom is -0.320 e. The van der Waals surface area contributed by atoms with Crippen molar-refractivity contribution in [2.45, 2.75) is 13.0 Å². The summed E-state index contributed by atoms with van der Waals surface area (Å²) in [5.74, 6) is 0. The highest BCUT2D eigenvalue weighted by Gasteiger charge is 2.14. The van der Waals surface area contributed by atoms with Gasteiger partial charge >= 0.3 is 0 Å². The Hall–Kier alpha value is -0.160. The minimum atomic E-state index is -0.134. The van der Waals surface area contributed by atoms with Crippen LogP contribution in [-0.2, 0) is 0 Å².